The first-order chi connectivity index (χ1) is 6.41. The van der Waals surface area contributed by atoms with Gasteiger partial charge in [0, 0.05) is 17.8 Å². The van der Waals surface area contributed by atoms with Crippen LogP contribution in [0.3, 0.4) is 0 Å². The van der Waals surface area contributed by atoms with Crippen molar-refractivity contribution in [2.45, 2.75) is 37.1 Å². The number of alkyl halides is 3. The summed E-state index contributed by atoms with van der Waals surface area (Å²) < 4.78 is 35.6. The number of hydrogen-bond donors (Lipinski definition) is 1. The lowest BCUT2D eigenvalue weighted by molar-refractivity contribution is -0.133. The molecular weight excluding hydrogens is 211 g/mol. The Morgan fingerprint density at radius 3 is 2.64 bits per heavy atom. The van der Waals surface area contributed by atoms with Crippen molar-refractivity contribution in [3.05, 3.63) is 0 Å². The average Bonchev–Trinajstić information content (AvgIpc) is 2.45. The first-order valence-corrected chi connectivity index (χ1v) is 5.81. The normalized spacial score (nSPS) is 28.3. The minimum Gasteiger partial charge on any atom is -0.315 e. The number of nitrogens with one attached hydrogen (secondary N) is 1. The summed E-state index contributed by atoms with van der Waals surface area (Å²) in [6.07, 6.45) is -2.47. The minimum atomic E-state index is -4.03. The predicted molar refractivity (Wildman–Crippen MR) is 53.6 cm³/mol. The summed E-state index contributed by atoms with van der Waals surface area (Å²) in [5, 5.41) is 2.88. The van der Waals surface area contributed by atoms with Crippen LogP contribution >= 0.6 is 11.8 Å². The van der Waals surface area contributed by atoms with Gasteiger partial charge in [0.1, 0.15) is 0 Å². The van der Waals surface area contributed by atoms with Crippen molar-refractivity contribution in [2.24, 2.45) is 0 Å². The van der Waals surface area contributed by atoms with Gasteiger partial charge in [-0.1, -0.05) is 0 Å². The maximum absolute atomic E-state index is 11.8. The van der Waals surface area contributed by atoms with Crippen LogP contribution in [0.5, 0.6) is 0 Å². The smallest absolute Gasteiger partial charge is 0.315 e. The lowest BCUT2D eigenvalue weighted by Gasteiger charge is -2.23. The van der Waals surface area contributed by atoms with Crippen LogP contribution in [0, 0.1) is 0 Å². The second-order valence-corrected chi connectivity index (χ2v) is 5.63. The first-order valence-electron chi connectivity index (χ1n) is 4.83. The maximum Gasteiger partial charge on any atom is 0.390 e. The summed E-state index contributed by atoms with van der Waals surface area (Å²) in [6.45, 7) is 2.85. The van der Waals surface area contributed by atoms with Gasteiger partial charge in [-0.15, -0.1) is 0 Å². The average molecular weight is 227 g/mol. The fraction of sp³-hybridized carbons (Fsp3) is 1.00. The number of thioether (sulfide) groups is 1. The molecule has 5 heteroatoms. The molecule has 1 aliphatic heterocycles. The Kier molecular flexibility index (Phi) is 4.13. The second kappa shape index (κ2) is 4.75. The molecule has 14 heavy (non-hydrogen) atoms. The Labute approximate surface area is 86.8 Å². The van der Waals surface area contributed by atoms with E-state index in [0.717, 1.165) is 12.2 Å². The molecule has 1 heterocycles. The molecule has 0 aliphatic carbocycles. The summed E-state index contributed by atoms with van der Waals surface area (Å²) in [4.78, 5) is 0. The molecule has 1 nitrogen and oxygen atoms in total. The molecule has 0 aromatic carbocycles. The largest absolute Gasteiger partial charge is 0.390 e. The van der Waals surface area contributed by atoms with Gasteiger partial charge in [0.15, 0.2) is 0 Å². The molecule has 0 radical (unpaired) electrons. The van der Waals surface area contributed by atoms with Gasteiger partial charge in [-0.05, 0) is 25.5 Å². The molecule has 1 saturated heterocycles. The monoisotopic (exact) mass is 227 g/mol. The number of hydrogen-bond acceptors (Lipinski definition) is 2. The summed E-state index contributed by atoms with van der Waals surface area (Å²) >= 11 is 1.86. The molecule has 1 atom stereocenters. The summed E-state index contributed by atoms with van der Waals surface area (Å²) in [7, 11) is 0. The Balaban J connectivity index is 2.09. The van der Waals surface area contributed by atoms with Crippen LogP contribution in [0.4, 0.5) is 13.2 Å². The van der Waals surface area contributed by atoms with Crippen molar-refractivity contribution in [3.63, 3.8) is 0 Å². The van der Waals surface area contributed by atoms with Gasteiger partial charge in [-0.2, -0.15) is 24.9 Å². The summed E-state index contributed by atoms with van der Waals surface area (Å²) in [6, 6.07) is 0. The summed E-state index contributed by atoms with van der Waals surface area (Å²) in [5.41, 5.74) is 0. The van der Waals surface area contributed by atoms with Crippen molar-refractivity contribution < 1.29 is 13.2 Å². The SMILES string of the molecule is CC1(CNCCC(F)(F)F)CCCS1. The molecule has 1 rings (SSSR count). The molecule has 1 unspecified atom stereocenters. The van der Waals surface area contributed by atoms with Crippen LogP contribution in [0.1, 0.15) is 26.2 Å². The molecule has 1 N–H and O–H groups in total. The van der Waals surface area contributed by atoms with Crippen LogP contribution in [-0.4, -0.2) is 29.8 Å². The van der Waals surface area contributed by atoms with E-state index in [4.69, 9.17) is 0 Å². The topological polar surface area (TPSA) is 12.0 Å². The van der Waals surface area contributed by atoms with Gasteiger partial charge < -0.3 is 5.32 Å². The Bertz CT molecular complexity index is 175. The first kappa shape index (κ1) is 12.2. The molecule has 0 aromatic rings. The highest BCUT2D eigenvalue weighted by atomic mass is 32.2. The predicted octanol–water partition coefficient (Wildman–Crippen LogP) is 2.81. The number of halogens is 3. The Morgan fingerprint density at radius 2 is 2.14 bits per heavy atom. The zero-order chi connectivity index (χ0) is 10.7. The zero-order valence-corrected chi connectivity index (χ0v) is 9.10. The van der Waals surface area contributed by atoms with E-state index in [1.165, 1.54) is 6.42 Å². The number of rotatable bonds is 4. The van der Waals surface area contributed by atoms with Gasteiger partial charge in [-0.25, -0.2) is 0 Å². The lowest BCUT2D eigenvalue weighted by atomic mass is 10.1. The highest BCUT2D eigenvalue weighted by Crippen LogP contribution is 2.36. The Hall–Kier alpha value is 0.100. The molecule has 0 saturated carbocycles. The van der Waals surface area contributed by atoms with Crippen LogP contribution in [0.25, 0.3) is 0 Å². The van der Waals surface area contributed by atoms with Crippen LogP contribution < -0.4 is 5.32 Å². The van der Waals surface area contributed by atoms with Gasteiger partial charge in [0.2, 0.25) is 0 Å². The van der Waals surface area contributed by atoms with E-state index < -0.39 is 12.6 Å². The molecule has 0 amide bonds. The third-order valence-corrected chi connectivity index (χ3v) is 3.92. The molecular formula is C9H16F3NS. The van der Waals surface area contributed by atoms with Crippen molar-refractivity contribution in [3.8, 4) is 0 Å². The highest BCUT2D eigenvalue weighted by Gasteiger charge is 2.30. The van der Waals surface area contributed by atoms with Gasteiger partial charge in [0.05, 0.1) is 6.42 Å². The van der Waals surface area contributed by atoms with Crippen molar-refractivity contribution in [1.29, 1.82) is 0 Å². The Morgan fingerprint density at radius 1 is 1.43 bits per heavy atom. The van der Waals surface area contributed by atoms with Crippen molar-refractivity contribution in [1.82, 2.24) is 5.32 Å². The van der Waals surface area contributed by atoms with Crippen LogP contribution in [0.15, 0.2) is 0 Å². The fourth-order valence-electron chi connectivity index (χ4n) is 1.56. The van der Waals surface area contributed by atoms with Gasteiger partial charge >= 0.3 is 6.18 Å². The van der Waals surface area contributed by atoms with Crippen molar-refractivity contribution in [2.75, 3.05) is 18.8 Å². The van der Waals surface area contributed by atoms with E-state index >= 15 is 0 Å². The third-order valence-electron chi connectivity index (χ3n) is 2.38. The molecule has 84 valence electrons. The van der Waals surface area contributed by atoms with E-state index in [1.807, 2.05) is 11.8 Å². The van der Waals surface area contributed by atoms with Crippen molar-refractivity contribution >= 4 is 11.8 Å². The summed E-state index contributed by atoms with van der Waals surface area (Å²) in [5.74, 6) is 1.14. The standard InChI is InChI=1S/C9H16F3NS/c1-8(3-2-6-14-8)7-13-5-4-9(10,11)12/h13H,2-7H2,1H3. The van der Waals surface area contributed by atoms with E-state index in [0.29, 0.717) is 6.54 Å². The van der Waals surface area contributed by atoms with Crippen LogP contribution in [0.2, 0.25) is 0 Å². The van der Waals surface area contributed by atoms with E-state index in [-0.39, 0.29) is 11.3 Å². The lowest BCUT2D eigenvalue weighted by Crippen LogP contribution is -2.34. The fourth-order valence-corrected chi connectivity index (χ4v) is 2.83. The van der Waals surface area contributed by atoms with E-state index in [2.05, 4.69) is 12.2 Å². The molecule has 1 fully saturated rings. The van der Waals surface area contributed by atoms with E-state index in [9.17, 15) is 13.2 Å². The highest BCUT2D eigenvalue weighted by molar-refractivity contribution is 8.00. The van der Waals surface area contributed by atoms with Gasteiger partial charge in [-0.3, -0.25) is 0 Å². The zero-order valence-electron chi connectivity index (χ0n) is 8.28. The molecule has 0 spiro atoms. The quantitative estimate of drug-likeness (QED) is 0.741. The van der Waals surface area contributed by atoms with Crippen LogP contribution in [-0.2, 0) is 0 Å². The third kappa shape index (κ3) is 4.55. The molecule has 0 bridgehead atoms. The van der Waals surface area contributed by atoms with Gasteiger partial charge in [0.25, 0.3) is 0 Å². The molecule has 0 aromatic heterocycles. The molecule has 1 aliphatic rings. The van der Waals surface area contributed by atoms with E-state index in [1.54, 1.807) is 0 Å². The second-order valence-electron chi connectivity index (χ2n) is 3.94. The minimum absolute atomic E-state index is 0.0413. The maximum atomic E-state index is 11.8.